The molecule has 1 atom stereocenters. The molecule has 1 aromatic heterocycles. The summed E-state index contributed by atoms with van der Waals surface area (Å²) >= 11 is 1.74. The summed E-state index contributed by atoms with van der Waals surface area (Å²) in [5.41, 5.74) is 3.77. The largest absolute Gasteiger partial charge is 0.357 e. The zero-order valence-corrected chi connectivity index (χ0v) is 13.3. The highest BCUT2D eigenvalue weighted by atomic mass is 32.1. The summed E-state index contributed by atoms with van der Waals surface area (Å²) < 4.78 is 1.27. The third kappa shape index (κ3) is 3.24. The maximum atomic E-state index is 4.66. The molecule has 0 fully saturated rings. The lowest BCUT2D eigenvalue weighted by Crippen LogP contribution is -1.97. The van der Waals surface area contributed by atoms with Crippen LogP contribution in [0, 0.1) is 0 Å². The van der Waals surface area contributed by atoms with Crippen LogP contribution in [0.2, 0.25) is 0 Å². The van der Waals surface area contributed by atoms with Crippen molar-refractivity contribution in [3.63, 3.8) is 0 Å². The first-order valence-corrected chi connectivity index (χ1v) is 8.26. The Morgan fingerprint density at radius 2 is 1.95 bits per heavy atom. The molecule has 0 aliphatic carbocycles. The van der Waals surface area contributed by atoms with Crippen molar-refractivity contribution in [2.45, 2.75) is 32.7 Å². The summed E-state index contributed by atoms with van der Waals surface area (Å²) in [6.45, 7) is 5.32. The Kier molecular flexibility index (Phi) is 4.20. The van der Waals surface area contributed by atoms with E-state index >= 15 is 0 Å². The zero-order chi connectivity index (χ0) is 14.7. The molecule has 1 N–H and O–H groups in total. The van der Waals surface area contributed by atoms with E-state index in [9.17, 15) is 0 Å². The Labute approximate surface area is 129 Å². The number of anilines is 1. The number of hydrogen-bond acceptors (Lipinski definition) is 3. The first kappa shape index (κ1) is 14.1. The van der Waals surface area contributed by atoms with E-state index < -0.39 is 0 Å². The zero-order valence-electron chi connectivity index (χ0n) is 12.5. The molecule has 3 aromatic rings. The summed E-state index contributed by atoms with van der Waals surface area (Å²) in [5.74, 6) is 0.609. The molecule has 3 rings (SSSR count). The number of aromatic nitrogens is 1. The Bertz CT molecular complexity index is 718. The third-order valence-electron chi connectivity index (χ3n) is 3.88. The molecule has 0 saturated carbocycles. The molecule has 2 nitrogen and oxygen atoms in total. The van der Waals surface area contributed by atoms with Crippen LogP contribution >= 0.6 is 11.3 Å². The first-order valence-electron chi connectivity index (χ1n) is 7.44. The Hall–Kier alpha value is -1.87. The van der Waals surface area contributed by atoms with Crippen LogP contribution < -0.4 is 5.32 Å². The molecule has 0 radical (unpaired) electrons. The quantitative estimate of drug-likeness (QED) is 0.680. The van der Waals surface area contributed by atoms with E-state index in [-0.39, 0.29) is 0 Å². The van der Waals surface area contributed by atoms with Crippen LogP contribution in [-0.2, 0) is 6.54 Å². The monoisotopic (exact) mass is 296 g/mol. The van der Waals surface area contributed by atoms with Crippen molar-refractivity contribution in [2.75, 3.05) is 5.32 Å². The average molecular weight is 296 g/mol. The van der Waals surface area contributed by atoms with Crippen LogP contribution in [0.15, 0.2) is 48.5 Å². The van der Waals surface area contributed by atoms with Gasteiger partial charge >= 0.3 is 0 Å². The fourth-order valence-corrected chi connectivity index (χ4v) is 3.24. The maximum absolute atomic E-state index is 4.66. The molecule has 21 heavy (non-hydrogen) atoms. The Morgan fingerprint density at radius 3 is 2.71 bits per heavy atom. The van der Waals surface area contributed by atoms with E-state index in [0.717, 1.165) is 17.2 Å². The number of thiazole rings is 1. The molecule has 0 spiro atoms. The van der Waals surface area contributed by atoms with Crippen molar-refractivity contribution in [1.82, 2.24) is 4.98 Å². The van der Waals surface area contributed by atoms with Gasteiger partial charge in [-0.15, -0.1) is 0 Å². The standard InChI is InChI=1S/C18H20N2S/c1-3-13(2)15-9-10-16-17(11-15)21-18(20-16)19-12-14-7-5-4-6-8-14/h4-11,13H,3,12H2,1-2H3,(H,19,20)/t13-/m0/s1. The molecule has 0 aliphatic heterocycles. The van der Waals surface area contributed by atoms with Gasteiger partial charge in [0.1, 0.15) is 0 Å². The normalized spacial score (nSPS) is 12.5. The van der Waals surface area contributed by atoms with Crippen LogP contribution in [0.4, 0.5) is 5.13 Å². The van der Waals surface area contributed by atoms with Gasteiger partial charge in [0.15, 0.2) is 5.13 Å². The van der Waals surface area contributed by atoms with Gasteiger partial charge in [-0.1, -0.05) is 61.6 Å². The number of nitrogens with zero attached hydrogens (tertiary/aromatic N) is 1. The SMILES string of the molecule is CC[C@H](C)c1ccc2nc(NCc3ccccc3)sc2c1. The minimum absolute atomic E-state index is 0.609. The molecule has 1 heterocycles. The van der Waals surface area contributed by atoms with E-state index in [2.05, 4.69) is 66.6 Å². The van der Waals surface area contributed by atoms with Gasteiger partial charge in [-0.3, -0.25) is 0 Å². The predicted octanol–water partition coefficient (Wildman–Crippen LogP) is 5.42. The number of hydrogen-bond donors (Lipinski definition) is 1. The number of benzene rings is 2. The molecule has 0 unspecified atom stereocenters. The maximum Gasteiger partial charge on any atom is 0.184 e. The number of fused-ring (bicyclic) bond motifs is 1. The van der Waals surface area contributed by atoms with Gasteiger partial charge in [0.25, 0.3) is 0 Å². The van der Waals surface area contributed by atoms with E-state index in [1.54, 1.807) is 11.3 Å². The van der Waals surface area contributed by atoms with Gasteiger partial charge in [0.2, 0.25) is 0 Å². The molecule has 0 aliphatic rings. The molecule has 0 amide bonds. The smallest absolute Gasteiger partial charge is 0.184 e. The Morgan fingerprint density at radius 1 is 1.14 bits per heavy atom. The summed E-state index contributed by atoms with van der Waals surface area (Å²) in [6, 6.07) is 17.1. The summed E-state index contributed by atoms with van der Waals surface area (Å²) in [5, 5.41) is 4.42. The molecule has 2 aromatic carbocycles. The summed E-state index contributed by atoms with van der Waals surface area (Å²) in [4.78, 5) is 4.66. The first-order chi connectivity index (χ1) is 10.3. The van der Waals surface area contributed by atoms with E-state index in [4.69, 9.17) is 0 Å². The minimum Gasteiger partial charge on any atom is -0.357 e. The van der Waals surface area contributed by atoms with Crippen LogP contribution in [0.5, 0.6) is 0 Å². The van der Waals surface area contributed by atoms with Crippen molar-refractivity contribution < 1.29 is 0 Å². The molecule has 108 valence electrons. The van der Waals surface area contributed by atoms with Crippen LogP contribution in [0.3, 0.4) is 0 Å². The van der Waals surface area contributed by atoms with Crippen molar-refractivity contribution in [3.8, 4) is 0 Å². The summed E-state index contributed by atoms with van der Waals surface area (Å²) in [7, 11) is 0. The predicted molar refractivity (Wildman–Crippen MR) is 92.1 cm³/mol. The van der Waals surface area contributed by atoms with Gasteiger partial charge < -0.3 is 5.32 Å². The molecule has 0 bridgehead atoms. The van der Waals surface area contributed by atoms with Crippen molar-refractivity contribution in [2.24, 2.45) is 0 Å². The van der Waals surface area contributed by atoms with Crippen molar-refractivity contribution in [3.05, 3.63) is 59.7 Å². The average Bonchev–Trinajstić information content (AvgIpc) is 2.95. The fraction of sp³-hybridized carbons (Fsp3) is 0.278. The lowest BCUT2D eigenvalue weighted by molar-refractivity contribution is 0.735. The fourth-order valence-electron chi connectivity index (χ4n) is 2.33. The highest BCUT2D eigenvalue weighted by Gasteiger charge is 2.07. The van der Waals surface area contributed by atoms with Crippen LogP contribution in [0.1, 0.15) is 37.3 Å². The highest BCUT2D eigenvalue weighted by molar-refractivity contribution is 7.22. The number of nitrogens with one attached hydrogen (secondary N) is 1. The molecule has 0 saturated heterocycles. The summed E-state index contributed by atoms with van der Waals surface area (Å²) in [6.07, 6.45) is 1.17. The van der Waals surface area contributed by atoms with Gasteiger partial charge in [-0.05, 0) is 35.6 Å². The second-order valence-electron chi connectivity index (χ2n) is 5.39. The van der Waals surface area contributed by atoms with E-state index in [0.29, 0.717) is 5.92 Å². The van der Waals surface area contributed by atoms with E-state index in [1.807, 2.05) is 6.07 Å². The third-order valence-corrected chi connectivity index (χ3v) is 4.86. The van der Waals surface area contributed by atoms with Crippen LogP contribution in [0.25, 0.3) is 10.2 Å². The van der Waals surface area contributed by atoms with Crippen molar-refractivity contribution >= 4 is 26.7 Å². The lowest BCUT2D eigenvalue weighted by atomic mass is 9.99. The molecular weight excluding hydrogens is 276 g/mol. The highest BCUT2D eigenvalue weighted by Crippen LogP contribution is 2.30. The van der Waals surface area contributed by atoms with Gasteiger partial charge in [0, 0.05) is 6.54 Å². The topological polar surface area (TPSA) is 24.9 Å². The van der Waals surface area contributed by atoms with E-state index in [1.165, 1.54) is 22.2 Å². The van der Waals surface area contributed by atoms with Crippen molar-refractivity contribution in [1.29, 1.82) is 0 Å². The van der Waals surface area contributed by atoms with Gasteiger partial charge in [0.05, 0.1) is 10.2 Å². The lowest BCUT2D eigenvalue weighted by Gasteiger charge is -2.07. The Balaban J connectivity index is 1.78. The van der Waals surface area contributed by atoms with Crippen LogP contribution in [-0.4, -0.2) is 4.98 Å². The minimum atomic E-state index is 0.609. The molecular formula is C18H20N2S. The second-order valence-corrected chi connectivity index (χ2v) is 6.43. The number of rotatable bonds is 5. The second kappa shape index (κ2) is 6.27. The van der Waals surface area contributed by atoms with Gasteiger partial charge in [-0.25, -0.2) is 4.98 Å². The van der Waals surface area contributed by atoms with Gasteiger partial charge in [-0.2, -0.15) is 0 Å². The molecule has 3 heteroatoms.